The molecule has 0 heterocycles. The Morgan fingerprint density at radius 2 is 2.13 bits per heavy atom. The van der Waals surface area contributed by atoms with Crippen LogP contribution in [0.2, 0.25) is 0 Å². The summed E-state index contributed by atoms with van der Waals surface area (Å²) in [5, 5.41) is 2.54. The van der Waals surface area contributed by atoms with Crippen LogP contribution in [-0.2, 0) is 0 Å². The van der Waals surface area contributed by atoms with E-state index in [1.807, 2.05) is 0 Å². The highest BCUT2D eigenvalue weighted by Crippen LogP contribution is 2.08. The normalized spacial score (nSPS) is 12.3. The van der Waals surface area contributed by atoms with Crippen molar-refractivity contribution in [1.82, 2.24) is 5.32 Å². The summed E-state index contributed by atoms with van der Waals surface area (Å²) in [4.78, 5) is 11.4. The van der Waals surface area contributed by atoms with E-state index in [1.54, 1.807) is 6.92 Å². The maximum atomic E-state index is 12.8. The van der Waals surface area contributed by atoms with E-state index >= 15 is 0 Å². The summed E-state index contributed by atoms with van der Waals surface area (Å²) < 4.78 is 25.3. The van der Waals surface area contributed by atoms with Gasteiger partial charge in [0.15, 0.2) is 11.6 Å². The van der Waals surface area contributed by atoms with E-state index in [1.165, 1.54) is 6.07 Å². The molecule has 0 aliphatic carbocycles. The molecule has 0 saturated carbocycles. The van der Waals surface area contributed by atoms with Crippen LogP contribution in [0.15, 0.2) is 18.2 Å². The molecule has 1 aromatic carbocycles. The highest BCUT2D eigenvalue weighted by molar-refractivity contribution is 5.94. The third-order valence-corrected chi connectivity index (χ3v) is 1.91. The van der Waals surface area contributed by atoms with Gasteiger partial charge in [-0.3, -0.25) is 4.79 Å². The van der Waals surface area contributed by atoms with E-state index in [4.69, 9.17) is 5.73 Å². The van der Waals surface area contributed by atoms with E-state index in [9.17, 15) is 13.6 Å². The first-order valence-electron chi connectivity index (χ1n) is 4.50. The molecule has 15 heavy (non-hydrogen) atoms. The Morgan fingerprint density at radius 1 is 1.47 bits per heavy atom. The molecule has 0 bridgehead atoms. The van der Waals surface area contributed by atoms with Gasteiger partial charge in [-0.25, -0.2) is 8.78 Å². The number of nitrogens with two attached hydrogens (primary N) is 1. The molecular formula is C10H12F2N2O. The lowest BCUT2D eigenvalue weighted by molar-refractivity contribution is 0.0940. The quantitative estimate of drug-likeness (QED) is 0.790. The first-order chi connectivity index (χ1) is 7.04. The highest BCUT2D eigenvalue weighted by atomic mass is 19.2. The second kappa shape index (κ2) is 4.84. The van der Waals surface area contributed by atoms with Crippen LogP contribution in [0.4, 0.5) is 8.78 Å². The van der Waals surface area contributed by atoms with Crippen molar-refractivity contribution < 1.29 is 13.6 Å². The molecule has 0 spiro atoms. The summed E-state index contributed by atoms with van der Waals surface area (Å²) >= 11 is 0. The van der Waals surface area contributed by atoms with Crippen LogP contribution >= 0.6 is 0 Å². The number of nitrogens with one attached hydrogen (secondary N) is 1. The molecule has 3 N–H and O–H groups in total. The molecule has 0 fully saturated rings. The fourth-order valence-corrected chi connectivity index (χ4v) is 1.00. The number of carbonyl (C=O) groups excluding carboxylic acids is 1. The van der Waals surface area contributed by atoms with Crippen molar-refractivity contribution in [2.45, 2.75) is 13.0 Å². The zero-order valence-electron chi connectivity index (χ0n) is 8.26. The van der Waals surface area contributed by atoms with Gasteiger partial charge in [0.05, 0.1) is 0 Å². The summed E-state index contributed by atoms with van der Waals surface area (Å²) in [7, 11) is 0. The minimum atomic E-state index is -1.04. The van der Waals surface area contributed by atoms with E-state index in [0.717, 1.165) is 12.1 Å². The topological polar surface area (TPSA) is 55.1 Å². The highest BCUT2D eigenvalue weighted by Gasteiger charge is 2.11. The second-order valence-corrected chi connectivity index (χ2v) is 3.24. The molecule has 1 aromatic rings. The van der Waals surface area contributed by atoms with Crippen LogP contribution in [0.5, 0.6) is 0 Å². The maximum Gasteiger partial charge on any atom is 0.251 e. The lowest BCUT2D eigenvalue weighted by Crippen LogP contribution is -2.37. The van der Waals surface area contributed by atoms with Crippen molar-refractivity contribution in [2.75, 3.05) is 6.54 Å². The SMILES string of the molecule is CC(CN)NC(=O)c1ccc(F)c(F)c1. The van der Waals surface area contributed by atoms with E-state index in [2.05, 4.69) is 5.32 Å². The molecule has 1 amide bonds. The second-order valence-electron chi connectivity index (χ2n) is 3.24. The molecular weight excluding hydrogens is 202 g/mol. The van der Waals surface area contributed by atoms with E-state index < -0.39 is 17.5 Å². The monoisotopic (exact) mass is 214 g/mol. The largest absolute Gasteiger partial charge is 0.348 e. The molecule has 0 radical (unpaired) electrons. The summed E-state index contributed by atoms with van der Waals surface area (Å²) in [6.07, 6.45) is 0. The average Bonchev–Trinajstić information content (AvgIpc) is 2.21. The molecule has 1 unspecified atom stereocenters. The van der Waals surface area contributed by atoms with Gasteiger partial charge in [-0.05, 0) is 25.1 Å². The minimum absolute atomic E-state index is 0.0780. The Bertz CT molecular complexity index is 368. The molecule has 3 nitrogen and oxygen atoms in total. The van der Waals surface area contributed by atoms with Gasteiger partial charge in [-0.1, -0.05) is 0 Å². The summed E-state index contributed by atoms with van der Waals surface area (Å²) in [5.74, 6) is -2.48. The molecule has 0 aromatic heterocycles. The zero-order chi connectivity index (χ0) is 11.4. The van der Waals surface area contributed by atoms with Gasteiger partial charge in [0.25, 0.3) is 5.91 Å². The standard InChI is InChI=1S/C10H12F2N2O/c1-6(5-13)14-10(15)7-2-3-8(11)9(12)4-7/h2-4,6H,5,13H2,1H3,(H,14,15). The zero-order valence-corrected chi connectivity index (χ0v) is 8.26. The van der Waals surface area contributed by atoms with Crippen LogP contribution < -0.4 is 11.1 Å². The molecule has 0 aliphatic rings. The van der Waals surface area contributed by atoms with Crippen molar-refractivity contribution in [1.29, 1.82) is 0 Å². The third kappa shape index (κ3) is 2.99. The van der Waals surface area contributed by atoms with Gasteiger partial charge in [-0.2, -0.15) is 0 Å². The molecule has 1 rings (SSSR count). The van der Waals surface area contributed by atoms with Crippen molar-refractivity contribution in [3.8, 4) is 0 Å². The summed E-state index contributed by atoms with van der Waals surface area (Å²) in [6, 6.07) is 2.79. The Balaban J connectivity index is 2.78. The number of carbonyl (C=O) groups is 1. The Hall–Kier alpha value is -1.49. The Morgan fingerprint density at radius 3 is 2.67 bits per heavy atom. The van der Waals surface area contributed by atoms with Gasteiger partial charge in [0.1, 0.15) is 0 Å². The number of amides is 1. The van der Waals surface area contributed by atoms with Gasteiger partial charge >= 0.3 is 0 Å². The maximum absolute atomic E-state index is 12.8. The van der Waals surface area contributed by atoms with Gasteiger partial charge in [-0.15, -0.1) is 0 Å². The molecule has 5 heteroatoms. The predicted molar refractivity (Wildman–Crippen MR) is 52.3 cm³/mol. The van der Waals surface area contributed by atoms with E-state index in [0.29, 0.717) is 0 Å². The first kappa shape index (κ1) is 11.6. The van der Waals surface area contributed by atoms with Crippen LogP contribution in [-0.4, -0.2) is 18.5 Å². The fourth-order valence-electron chi connectivity index (χ4n) is 1.00. The lowest BCUT2D eigenvalue weighted by atomic mass is 10.2. The smallest absolute Gasteiger partial charge is 0.251 e. The van der Waals surface area contributed by atoms with Crippen LogP contribution in [0, 0.1) is 11.6 Å². The Labute approximate surface area is 86.3 Å². The van der Waals surface area contributed by atoms with Crippen molar-refractivity contribution >= 4 is 5.91 Å². The van der Waals surface area contributed by atoms with Gasteiger partial charge < -0.3 is 11.1 Å². The van der Waals surface area contributed by atoms with Crippen molar-refractivity contribution in [3.63, 3.8) is 0 Å². The number of hydrogen-bond donors (Lipinski definition) is 2. The lowest BCUT2D eigenvalue weighted by Gasteiger charge is -2.11. The van der Waals surface area contributed by atoms with Gasteiger partial charge in [0.2, 0.25) is 0 Å². The molecule has 0 aliphatic heterocycles. The number of benzene rings is 1. The summed E-state index contributed by atoms with van der Waals surface area (Å²) in [6.45, 7) is 2.01. The van der Waals surface area contributed by atoms with Gasteiger partial charge in [0, 0.05) is 18.2 Å². The molecule has 82 valence electrons. The number of hydrogen-bond acceptors (Lipinski definition) is 2. The third-order valence-electron chi connectivity index (χ3n) is 1.91. The van der Waals surface area contributed by atoms with Crippen LogP contribution in [0.3, 0.4) is 0 Å². The van der Waals surface area contributed by atoms with Crippen LogP contribution in [0.25, 0.3) is 0 Å². The van der Waals surface area contributed by atoms with Crippen molar-refractivity contribution in [2.24, 2.45) is 5.73 Å². The van der Waals surface area contributed by atoms with E-state index in [-0.39, 0.29) is 18.2 Å². The number of rotatable bonds is 3. The van der Waals surface area contributed by atoms with Crippen molar-refractivity contribution in [3.05, 3.63) is 35.4 Å². The predicted octanol–water partition coefficient (Wildman–Crippen LogP) is 1.04. The van der Waals surface area contributed by atoms with Crippen LogP contribution in [0.1, 0.15) is 17.3 Å². The average molecular weight is 214 g/mol. The molecule has 1 atom stereocenters. The first-order valence-corrected chi connectivity index (χ1v) is 4.50. The summed E-state index contributed by atoms with van der Waals surface area (Å²) in [5.41, 5.74) is 5.38. The minimum Gasteiger partial charge on any atom is -0.348 e. The molecule has 0 saturated heterocycles. The Kier molecular flexibility index (Phi) is 3.74. The number of halogens is 2. The fraction of sp³-hybridized carbons (Fsp3) is 0.300.